The van der Waals surface area contributed by atoms with E-state index in [1.807, 2.05) is 0 Å². The smallest absolute Gasteiger partial charge is 0.211 e. The number of nitrogens with zero attached hydrogens (tertiary/aromatic N) is 1. The lowest BCUT2D eigenvalue weighted by atomic mass is 10.0. The van der Waals surface area contributed by atoms with Crippen molar-refractivity contribution in [3.8, 4) is 0 Å². The minimum atomic E-state index is -4.38. The summed E-state index contributed by atoms with van der Waals surface area (Å²) in [4.78, 5) is 13.1. The van der Waals surface area contributed by atoms with Crippen molar-refractivity contribution in [1.82, 2.24) is 0 Å². The molecule has 0 bridgehead atoms. The SMILES string of the molecule is C=C(CN=C=O)c1cccc(C(F)(F)F)c1. The fourth-order valence-electron chi connectivity index (χ4n) is 1.13. The molecule has 0 atom stereocenters. The number of benzene rings is 1. The van der Waals surface area contributed by atoms with E-state index < -0.39 is 11.7 Å². The molecule has 1 aromatic rings. The van der Waals surface area contributed by atoms with Crippen LogP contribution in [-0.4, -0.2) is 12.6 Å². The summed E-state index contributed by atoms with van der Waals surface area (Å²) in [5.74, 6) is 0. The van der Waals surface area contributed by atoms with Gasteiger partial charge in [0.25, 0.3) is 0 Å². The summed E-state index contributed by atoms with van der Waals surface area (Å²) in [5.41, 5.74) is -0.0930. The zero-order valence-electron chi connectivity index (χ0n) is 8.21. The highest BCUT2D eigenvalue weighted by atomic mass is 19.4. The Kier molecular flexibility index (Phi) is 3.64. The summed E-state index contributed by atoms with van der Waals surface area (Å²) < 4.78 is 37.1. The number of carbonyl (C=O) groups excluding carboxylic acids is 1. The topological polar surface area (TPSA) is 29.4 Å². The molecule has 0 aliphatic carbocycles. The first-order valence-electron chi connectivity index (χ1n) is 4.34. The fraction of sp³-hybridized carbons (Fsp3) is 0.182. The van der Waals surface area contributed by atoms with Gasteiger partial charge in [-0.05, 0) is 23.3 Å². The van der Waals surface area contributed by atoms with E-state index in [0.29, 0.717) is 11.1 Å². The first-order valence-corrected chi connectivity index (χ1v) is 4.34. The van der Waals surface area contributed by atoms with E-state index in [-0.39, 0.29) is 6.54 Å². The Morgan fingerprint density at radius 1 is 1.44 bits per heavy atom. The van der Waals surface area contributed by atoms with Gasteiger partial charge >= 0.3 is 6.18 Å². The van der Waals surface area contributed by atoms with Gasteiger partial charge in [-0.2, -0.15) is 13.2 Å². The second kappa shape index (κ2) is 4.77. The van der Waals surface area contributed by atoms with Crippen LogP contribution < -0.4 is 0 Å². The van der Waals surface area contributed by atoms with Crippen molar-refractivity contribution in [2.45, 2.75) is 6.18 Å². The van der Waals surface area contributed by atoms with Gasteiger partial charge in [-0.3, -0.25) is 0 Å². The minimum Gasteiger partial charge on any atom is -0.211 e. The molecule has 0 radical (unpaired) electrons. The van der Waals surface area contributed by atoms with Gasteiger partial charge in [0.15, 0.2) is 0 Å². The number of aliphatic imine (C=N–C) groups is 1. The van der Waals surface area contributed by atoms with Crippen molar-refractivity contribution >= 4 is 11.7 Å². The molecule has 0 fully saturated rings. The second-order valence-corrected chi connectivity index (χ2v) is 3.09. The van der Waals surface area contributed by atoms with Crippen LogP contribution in [0.4, 0.5) is 13.2 Å². The molecule has 0 saturated heterocycles. The van der Waals surface area contributed by atoms with Gasteiger partial charge in [-0.15, -0.1) is 0 Å². The monoisotopic (exact) mass is 227 g/mol. The number of hydrogen-bond donors (Lipinski definition) is 0. The van der Waals surface area contributed by atoms with Crippen LogP contribution in [0.15, 0.2) is 35.8 Å². The molecule has 0 N–H and O–H groups in total. The lowest BCUT2D eigenvalue weighted by molar-refractivity contribution is -0.137. The van der Waals surface area contributed by atoms with Crippen LogP contribution in [0.1, 0.15) is 11.1 Å². The first-order chi connectivity index (χ1) is 7.45. The lowest BCUT2D eigenvalue weighted by Gasteiger charge is -2.08. The van der Waals surface area contributed by atoms with Crippen molar-refractivity contribution in [2.24, 2.45) is 4.99 Å². The van der Waals surface area contributed by atoms with E-state index in [1.165, 1.54) is 18.2 Å². The number of isocyanates is 1. The van der Waals surface area contributed by atoms with Crippen molar-refractivity contribution in [2.75, 3.05) is 6.54 Å². The Labute approximate surface area is 90.1 Å². The predicted octanol–water partition coefficient (Wildman–Crippen LogP) is 3.05. The minimum absolute atomic E-state index is 0.0508. The highest BCUT2D eigenvalue weighted by molar-refractivity contribution is 5.66. The lowest BCUT2D eigenvalue weighted by Crippen LogP contribution is -2.05. The Morgan fingerprint density at radius 2 is 2.12 bits per heavy atom. The molecule has 1 rings (SSSR count). The molecule has 0 heterocycles. The van der Waals surface area contributed by atoms with E-state index in [9.17, 15) is 18.0 Å². The third-order valence-corrected chi connectivity index (χ3v) is 1.93. The van der Waals surface area contributed by atoms with Gasteiger partial charge < -0.3 is 0 Å². The van der Waals surface area contributed by atoms with Gasteiger partial charge in [-0.25, -0.2) is 9.79 Å². The van der Waals surface area contributed by atoms with Gasteiger partial charge in [-0.1, -0.05) is 18.7 Å². The summed E-state index contributed by atoms with van der Waals surface area (Å²) in [6.07, 6.45) is -3.08. The van der Waals surface area contributed by atoms with Crippen LogP contribution in [0.3, 0.4) is 0 Å². The molecule has 0 amide bonds. The molecule has 84 valence electrons. The van der Waals surface area contributed by atoms with Crippen LogP contribution in [0.25, 0.3) is 5.57 Å². The third-order valence-electron chi connectivity index (χ3n) is 1.93. The molecule has 2 nitrogen and oxygen atoms in total. The number of rotatable bonds is 3. The third kappa shape index (κ3) is 3.07. The summed E-state index contributed by atoms with van der Waals surface area (Å²) >= 11 is 0. The average molecular weight is 227 g/mol. The number of halogens is 3. The second-order valence-electron chi connectivity index (χ2n) is 3.09. The Balaban J connectivity index is 2.99. The van der Waals surface area contributed by atoms with E-state index in [0.717, 1.165) is 12.1 Å². The van der Waals surface area contributed by atoms with Crippen molar-refractivity contribution in [1.29, 1.82) is 0 Å². The van der Waals surface area contributed by atoms with E-state index >= 15 is 0 Å². The maximum Gasteiger partial charge on any atom is 0.416 e. The van der Waals surface area contributed by atoms with Crippen molar-refractivity contribution < 1.29 is 18.0 Å². The predicted molar refractivity (Wildman–Crippen MR) is 53.5 cm³/mol. The molecule has 0 aliphatic heterocycles. The van der Waals surface area contributed by atoms with Gasteiger partial charge in [0, 0.05) is 0 Å². The molecule has 0 spiro atoms. The molecule has 0 unspecified atom stereocenters. The largest absolute Gasteiger partial charge is 0.416 e. The summed E-state index contributed by atoms with van der Waals surface area (Å²) in [6, 6.07) is 4.72. The van der Waals surface area contributed by atoms with Crippen LogP contribution in [-0.2, 0) is 11.0 Å². The Bertz CT molecular complexity index is 445. The summed E-state index contributed by atoms with van der Waals surface area (Å²) in [7, 11) is 0. The van der Waals surface area contributed by atoms with Crippen molar-refractivity contribution in [3.05, 3.63) is 42.0 Å². The molecule has 0 aliphatic rings. The van der Waals surface area contributed by atoms with E-state index in [4.69, 9.17) is 0 Å². The van der Waals surface area contributed by atoms with Gasteiger partial charge in [0.2, 0.25) is 6.08 Å². The molecular formula is C11H8F3NO. The standard InChI is InChI=1S/C11H8F3NO/c1-8(6-15-7-16)9-3-2-4-10(5-9)11(12,13)14/h2-5H,1,6H2. The molecular weight excluding hydrogens is 219 g/mol. The van der Waals surface area contributed by atoms with Gasteiger partial charge in [0.05, 0.1) is 12.1 Å². The van der Waals surface area contributed by atoms with E-state index in [1.54, 1.807) is 0 Å². The van der Waals surface area contributed by atoms with Crippen LogP contribution >= 0.6 is 0 Å². The summed E-state index contributed by atoms with van der Waals surface area (Å²) in [6.45, 7) is 3.49. The fourth-order valence-corrected chi connectivity index (χ4v) is 1.13. The van der Waals surface area contributed by atoms with Crippen molar-refractivity contribution in [3.63, 3.8) is 0 Å². The van der Waals surface area contributed by atoms with Crippen LogP contribution in [0, 0.1) is 0 Å². The molecule has 0 aromatic heterocycles. The highest BCUT2D eigenvalue weighted by Gasteiger charge is 2.30. The van der Waals surface area contributed by atoms with Gasteiger partial charge in [0.1, 0.15) is 0 Å². The number of alkyl halides is 3. The molecule has 5 heteroatoms. The first kappa shape index (κ1) is 12.2. The zero-order chi connectivity index (χ0) is 12.2. The maximum atomic E-state index is 12.4. The molecule has 16 heavy (non-hydrogen) atoms. The van der Waals surface area contributed by atoms with E-state index in [2.05, 4.69) is 11.6 Å². The average Bonchev–Trinajstić information content (AvgIpc) is 2.25. The Hall–Kier alpha value is -1.87. The molecule has 0 saturated carbocycles. The zero-order valence-corrected chi connectivity index (χ0v) is 8.21. The normalized spacial score (nSPS) is 10.7. The summed E-state index contributed by atoms with van der Waals surface area (Å²) in [5, 5.41) is 0. The van der Waals surface area contributed by atoms with Crippen LogP contribution in [0.2, 0.25) is 0 Å². The number of hydrogen-bond acceptors (Lipinski definition) is 2. The quantitative estimate of drug-likeness (QED) is 0.576. The Morgan fingerprint density at radius 3 is 2.69 bits per heavy atom. The maximum absolute atomic E-state index is 12.4. The van der Waals surface area contributed by atoms with Crippen LogP contribution in [0.5, 0.6) is 0 Å². The highest BCUT2D eigenvalue weighted by Crippen LogP contribution is 2.30. The molecule has 1 aromatic carbocycles.